The number of ether oxygens (including phenoxy) is 2. The lowest BCUT2D eigenvalue weighted by Crippen LogP contribution is -2.24. The minimum Gasteiger partial charge on any atom is -0.488 e. The third kappa shape index (κ3) is 6.81. The van der Waals surface area contributed by atoms with Gasteiger partial charge in [-0.05, 0) is 49.7 Å². The largest absolute Gasteiger partial charge is 0.488 e. The van der Waals surface area contributed by atoms with Gasteiger partial charge in [-0.2, -0.15) is 13.2 Å². The Hall–Kier alpha value is -5.61. The van der Waals surface area contributed by atoms with Gasteiger partial charge in [0.1, 0.15) is 28.4 Å². The highest BCUT2D eigenvalue weighted by molar-refractivity contribution is 5.99. The van der Waals surface area contributed by atoms with Crippen LogP contribution in [0.5, 0.6) is 17.4 Å². The number of oxazole rings is 1. The van der Waals surface area contributed by atoms with E-state index in [-0.39, 0.29) is 57.9 Å². The summed E-state index contributed by atoms with van der Waals surface area (Å²) in [5, 5.41) is 3.06. The predicted molar refractivity (Wildman–Crippen MR) is 161 cm³/mol. The molecule has 230 valence electrons. The number of para-hydroxylation sites is 1. The van der Waals surface area contributed by atoms with Crippen molar-refractivity contribution in [2.75, 3.05) is 0 Å². The number of nitrogens with zero attached hydrogens (tertiary/aromatic N) is 3. The lowest BCUT2D eigenvalue weighted by atomic mass is 10.1. The van der Waals surface area contributed by atoms with Crippen molar-refractivity contribution in [3.05, 3.63) is 108 Å². The number of nitrogens with two attached hydrogens (primary N) is 1. The smallest absolute Gasteiger partial charge is 0.433 e. The second-order valence-corrected chi connectivity index (χ2v) is 9.89. The molecule has 0 fully saturated rings. The van der Waals surface area contributed by atoms with Crippen molar-refractivity contribution >= 4 is 22.5 Å². The van der Waals surface area contributed by atoms with E-state index in [1.165, 1.54) is 12.1 Å². The summed E-state index contributed by atoms with van der Waals surface area (Å²) in [6.07, 6.45) is -2.74. The number of aromatic nitrogens is 3. The van der Waals surface area contributed by atoms with Gasteiger partial charge in [-0.1, -0.05) is 43.5 Å². The van der Waals surface area contributed by atoms with Gasteiger partial charge in [-0.3, -0.25) is 4.79 Å². The highest BCUT2D eigenvalue weighted by Crippen LogP contribution is 2.38. The van der Waals surface area contributed by atoms with Crippen molar-refractivity contribution < 1.29 is 31.9 Å². The minimum absolute atomic E-state index is 0.0369. The van der Waals surface area contributed by atoms with Gasteiger partial charge in [0, 0.05) is 35.3 Å². The molecule has 3 heterocycles. The number of nitrogens with one attached hydrogen (secondary N) is 1. The SMILES string of the molecule is C=C=C(N)c1oc(-c2ccc(OC(C)CC)c3nc(C(F)(F)F)ccc23)nc1C(=O)NCc1ccccc1Oc1ccccn1. The first-order chi connectivity index (χ1) is 21.6. The Kier molecular flexibility index (Phi) is 8.87. The fourth-order valence-corrected chi connectivity index (χ4v) is 4.31. The topological polar surface area (TPSA) is 125 Å². The normalized spacial score (nSPS) is 11.9. The summed E-state index contributed by atoms with van der Waals surface area (Å²) in [7, 11) is 0. The van der Waals surface area contributed by atoms with Crippen LogP contribution in [0.3, 0.4) is 0 Å². The number of carbonyl (C=O) groups is 1. The number of pyridine rings is 2. The van der Waals surface area contributed by atoms with Gasteiger partial charge in [0.25, 0.3) is 5.91 Å². The van der Waals surface area contributed by atoms with Crippen LogP contribution in [-0.4, -0.2) is 27.0 Å². The van der Waals surface area contributed by atoms with Gasteiger partial charge in [-0.15, -0.1) is 0 Å². The second kappa shape index (κ2) is 12.9. The molecule has 0 radical (unpaired) electrons. The van der Waals surface area contributed by atoms with Crippen LogP contribution in [-0.2, 0) is 12.7 Å². The number of amides is 1. The first kappa shape index (κ1) is 30.8. The van der Waals surface area contributed by atoms with Crippen molar-refractivity contribution in [3.63, 3.8) is 0 Å². The first-order valence-electron chi connectivity index (χ1n) is 13.9. The van der Waals surface area contributed by atoms with Crippen LogP contribution in [0.4, 0.5) is 13.2 Å². The van der Waals surface area contributed by atoms with E-state index in [2.05, 4.69) is 32.6 Å². The maximum Gasteiger partial charge on any atom is 0.433 e. The molecule has 0 saturated carbocycles. The summed E-state index contributed by atoms with van der Waals surface area (Å²) in [5.41, 5.74) is 8.11. The molecule has 5 aromatic rings. The molecule has 0 spiro atoms. The number of alkyl halides is 3. The molecule has 9 nitrogen and oxygen atoms in total. The number of hydrogen-bond acceptors (Lipinski definition) is 8. The van der Waals surface area contributed by atoms with Crippen molar-refractivity contribution in [3.8, 4) is 28.8 Å². The van der Waals surface area contributed by atoms with Crippen LogP contribution in [0.2, 0.25) is 0 Å². The summed E-state index contributed by atoms with van der Waals surface area (Å²) in [5.74, 6) is 0.214. The Bertz CT molecular complexity index is 1900. The zero-order valence-electron chi connectivity index (χ0n) is 24.3. The number of hydrogen-bond donors (Lipinski definition) is 2. The molecule has 0 bridgehead atoms. The highest BCUT2D eigenvalue weighted by atomic mass is 19.4. The third-order valence-electron chi connectivity index (χ3n) is 6.79. The summed E-state index contributed by atoms with van der Waals surface area (Å²) in [4.78, 5) is 25.9. The van der Waals surface area contributed by atoms with E-state index in [4.69, 9.17) is 19.6 Å². The quantitative estimate of drug-likeness (QED) is 0.157. The van der Waals surface area contributed by atoms with Crippen molar-refractivity contribution in [2.45, 2.75) is 39.1 Å². The molecular weight excluding hydrogens is 587 g/mol. The van der Waals surface area contributed by atoms with Crippen LogP contribution in [0.15, 0.2) is 89.7 Å². The summed E-state index contributed by atoms with van der Waals surface area (Å²) < 4.78 is 58.4. The van der Waals surface area contributed by atoms with E-state index in [1.54, 1.807) is 61.7 Å². The number of halogens is 3. The Morgan fingerprint density at radius 3 is 2.56 bits per heavy atom. The van der Waals surface area contributed by atoms with Gasteiger partial charge < -0.3 is 24.9 Å². The lowest BCUT2D eigenvalue weighted by Gasteiger charge is -2.16. The van der Waals surface area contributed by atoms with Crippen LogP contribution in [0, 0.1) is 0 Å². The monoisotopic (exact) mass is 615 g/mol. The zero-order valence-corrected chi connectivity index (χ0v) is 24.3. The maximum absolute atomic E-state index is 13.6. The number of benzene rings is 2. The number of rotatable bonds is 10. The fraction of sp³-hybridized carbons (Fsp3) is 0.182. The van der Waals surface area contributed by atoms with E-state index >= 15 is 0 Å². The summed E-state index contributed by atoms with van der Waals surface area (Å²) in [6, 6.07) is 17.5. The standard InChI is InChI=1S/C33H28F3N5O4/c1-4-19(3)43-25-15-13-22(21-14-16-26(33(34,35)36)40-28(21)25)32-41-29(30(45-32)23(37)5-2)31(42)39-18-20-10-6-7-11-24(20)44-27-12-8-9-17-38-27/h6-17,19H,2,4,18,37H2,1,3H3,(H,39,42). The third-order valence-corrected chi connectivity index (χ3v) is 6.79. The molecule has 3 N–H and O–H groups in total. The molecule has 1 amide bonds. The van der Waals surface area contributed by atoms with Crippen LogP contribution >= 0.6 is 0 Å². The minimum atomic E-state index is -4.68. The average molecular weight is 616 g/mol. The molecule has 1 unspecified atom stereocenters. The molecular formula is C33H28F3N5O4. The van der Waals surface area contributed by atoms with Gasteiger partial charge >= 0.3 is 6.18 Å². The summed E-state index contributed by atoms with van der Waals surface area (Å²) in [6.45, 7) is 7.27. The molecule has 5 rings (SSSR count). The molecule has 12 heteroatoms. The second-order valence-electron chi connectivity index (χ2n) is 9.89. The Labute approximate surface area is 256 Å². The fourth-order valence-electron chi connectivity index (χ4n) is 4.31. The molecule has 0 aliphatic carbocycles. The first-order valence-corrected chi connectivity index (χ1v) is 13.9. The zero-order chi connectivity index (χ0) is 32.1. The van der Waals surface area contributed by atoms with E-state index in [0.717, 1.165) is 6.07 Å². The molecule has 3 aromatic heterocycles. The molecule has 0 saturated heterocycles. The molecule has 2 aromatic carbocycles. The molecule has 45 heavy (non-hydrogen) atoms. The van der Waals surface area contributed by atoms with Crippen LogP contribution < -0.4 is 20.5 Å². The van der Waals surface area contributed by atoms with E-state index in [0.29, 0.717) is 23.6 Å². The van der Waals surface area contributed by atoms with Gasteiger partial charge in [-0.25, -0.2) is 15.0 Å². The Balaban J connectivity index is 1.50. The summed E-state index contributed by atoms with van der Waals surface area (Å²) >= 11 is 0. The number of carbonyl (C=O) groups excluding carboxylic acids is 1. The van der Waals surface area contributed by atoms with E-state index in [9.17, 15) is 18.0 Å². The molecule has 0 aliphatic heterocycles. The van der Waals surface area contributed by atoms with E-state index < -0.39 is 17.8 Å². The van der Waals surface area contributed by atoms with Crippen LogP contribution in [0.25, 0.3) is 28.1 Å². The molecule has 1 atom stereocenters. The van der Waals surface area contributed by atoms with Gasteiger partial charge in [0.15, 0.2) is 11.5 Å². The average Bonchev–Trinajstić information content (AvgIpc) is 3.49. The predicted octanol–water partition coefficient (Wildman–Crippen LogP) is 7.29. The van der Waals surface area contributed by atoms with Gasteiger partial charge in [0.05, 0.1) is 6.10 Å². The van der Waals surface area contributed by atoms with Crippen molar-refractivity contribution in [2.24, 2.45) is 5.73 Å². The van der Waals surface area contributed by atoms with E-state index in [1.807, 2.05) is 6.92 Å². The highest BCUT2D eigenvalue weighted by Gasteiger charge is 2.33. The molecule has 0 aliphatic rings. The van der Waals surface area contributed by atoms with Gasteiger partial charge in [0.2, 0.25) is 11.8 Å². The van der Waals surface area contributed by atoms with Crippen molar-refractivity contribution in [1.82, 2.24) is 20.3 Å². The Morgan fingerprint density at radius 1 is 1.07 bits per heavy atom. The maximum atomic E-state index is 13.6. The lowest BCUT2D eigenvalue weighted by molar-refractivity contribution is -0.140. The van der Waals surface area contributed by atoms with Crippen molar-refractivity contribution in [1.29, 1.82) is 0 Å². The van der Waals surface area contributed by atoms with Crippen LogP contribution in [0.1, 0.15) is 47.8 Å². The number of fused-ring (bicyclic) bond motifs is 1. The Morgan fingerprint density at radius 2 is 1.84 bits per heavy atom.